The molecule has 2 amide bonds. The van der Waals surface area contributed by atoms with E-state index < -0.39 is 5.41 Å². The Hall–Kier alpha value is -3.09. The molecule has 1 aromatic heterocycles. The number of methoxy groups -OCH3 is 2. The molecule has 2 aromatic rings. The van der Waals surface area contributed by atoms with Crippen molar-refractivity contribution in [2.75, 3.05) is 33.9 Å². The van der Waals surface area contributed by atoms with Crippen LogP contribution in [0.2, 0.25) is 0 Å². The molecule has 30 heavy (non-hydrogen) atoms. The molecule has 4 rings (SSSR count). The minimum absolute atomic E-state index is 0.0336. The first-order valence-corrected chi connectivity index (χ1v) is 10.3. The van der Waals surface area contributed by atoms with Crippen LogP contribution < -0.4 is 9.47 Å². The Morgan fingerprint density at radius 1 is 1.10 bits per heavy atom. The van der Waals surface area contributed by atoms with E-state index in [9.17, 15) is 9.59 Å². The van der Waals surface area contributed by atoms with Gasteiger partial charge in [0, 0.05) is 49.7 Å². The first-order valence-electron chi connectivity index (χ1n) is 10.3. The van der Waals surface area contributed by atoms with E-state index in [1.165, 1.54) is 0 Å². The summed E-state index contributed by atoms with van der Waals surface area (Å²) in [4.78, 5) is 34.1. The molecule has 0 saturated carbocycles. The monoisotopic (exact) mass is 409 g/mol. The summed E-state index contributed by atoms with van der Waals surface area (Å²) in [7, 11) is 3.22. The van der Waals surface area contributed by atoms with E-state index in [0.717, 1.165) is 18.4 Å². The highest BCUT2D eigenvalue weighted by Gasteiger charge is 2.49. The van der Waals surface area contributed by atoms with Crippen LogP contribution in [0.5, 0.6) is 11.5 Å². The van der Waals surface area contributed by atoms with Gasteiger partial charge in [0.1, 0.15) is 0 Å². The van der Waals surface area contributed by atoms with Gasteiger partial charge in [-0.3, -0.25) is 14.6 Å². The molecular weight excluding hydrogens is 382 g/mol. The number of para-hydroxylation sites is 1. The molecular formula is C23H27N3O4. The van der Waals surface area contributed by atoms with Crippen LogP contribution in [0.4, 0.5) is 0 Å². The maximum atomic E-state index is 13.5. The van der Waals surface area contributed by atoms with E-state index in [4.69, 9.17) is 9.47 Å². The van der Waals surface area contributed by atoms with Crippen LogP contribution in [0.3, 0.4) is 0 Å². The fourth-order valence-corrected chi connectivity index (χ4v) is 4.69. The fourth-order valence-electron chi connectivity index (χ4n) is 4.69. The van der Waals surface area contributed by atoms with Gasteiger partial charge in [-0.1, -0.05) is 12.1 Å². The van der Waals surface area contributed by atoms with Crippen molar-refractivity contribution in [1.82, 2.24) is 14.8 Å². The topological polar surface area (TPSA) is 72.0 Å². The lowest BCUT2D eigenvalue weighted by atomic mass is 9.78. The Morgan fingerprint density at radius 2 is 1.90 bits per heavy atom. The van der Waals surface area contributed by atoms with Crippen LogP contribution in [0, 0.1) is 5.41 Å². The van der Waals surface area contributed by atoms with E-state index >= 15 is 0 Å². The first kappa shape index (κ1) is 20.2. The number of ether oxygens (including phenoxy) is 2. The van der Waals surface area contributed by atoms with Crippen molar-refractivity contribution in [2.24, 2.45) is 5.41 Å². The zero-order valence-electron chi connectivity index (χ0n) is 17.5. The summed E-state index contributed by atoms with van der Waals surface area (Å²) in [5, 5.41) is 0. The van der Waals surface area contributed by atoms with Crippen molar-refractivity contribution in [3.8, 4) is 11.5 Å². The van der Waals surface area contributed by atoms with E-state index in [-0.39, 0.29) is 11.8 Å². The third kappa shape index (κ3) is 3.60. The number of benzene rings is 1. The highest BCUT2D eigenvalue weighted by molar-refractivity contribution is 5.95. The standard InChI is InChI=1S/C23H27N3O4/c1-29-19-6-3-5-18(20(19)30-2)15-25-13-4-9-23(22(25)28)10-14-26(16-23)21(27)17-7-11-24-12-8-17/h3,5-8,11-12H,4,9-10,13-16H2,1-2H3. The van der Waals surface area contributed by atoms with Crippen LogP contribution in [0.25, 0.3) is 0 Å². The summed E-state index contributed by atoms with van der Waals surface area (Å²) < 4.78 is 10.9. The molecule has 1 unspecified atom stereocenters. The number of carbonyl (C=O) groups is 2. The molecule has 0 N–H and O–H groups in total. The van der Waals surface area contributed by atoms with Crippen molar-refractivity contribution < 1.29 is 19.1 Å². The number of aromatic nitrogens is 1. The second-order valence-electron chi connectivity index (χ2n) is 7.98. The zero-order chi connectivity index (χ0) is 21.1. The number of pyridine rings is 1. The van der Waals surface area contributed by atoms with Gasteiger partial charge >= 0.3 is 0 Å². The molecule has 1 aromatic carbocycles. The number of piperidine rings is 1. The molecule has 0 radical (unpaired) electrons. The molecule has 1 atom stereocenters. The van der Waals surface area contributed by atoms with E-state index in [1.54, 1.807) is 38.7 Å². The van der Waals surface area contributed by atoms with Gasteiger partial charge in [0.05, 0.1) is 19.6 Å². The Morgan fingerprint density at radius 3 is 2.63 bits per heavy atom. The highest BCUT2D eigenvalue weighted by Crippen LogP contribution is 2.41. The quantitative estimate of drug-likeness (QED) is 0.759. The summed E-state index contributed by atoms with van der Waals surface area (Å²) in [6.45, 7) is 2.25. The number of rotatable bonds is 5. The number of nitrogens with zero attached hydrogens (tertiary/aromatic N) is 3. The fraction of sp³-hybridized carbons (Fsp3) is 0.435. The molecule has 0 bridgehead atoms. The maximum absolute atomic E-state index is 13.5. The van der Waals surface area contributed by atoms with Gasteiger partial charge in [-0.2, -0.15) is 0 Å². The third-order valence-corrected chi connectivity index (χ3v) is 6.24. The number of likely N-dealkylation sites (tertiary alicyclic amines) is 2. The normalized spacial score (nSPS) is 21.2. The molecule has 0 aliphatic carbocycles. The lowest BCUT2D eigenvalue weighted by molar-refractivity contribution is -0.146. The molecule has 7 nitrogen and oxygen atoms in total. The second-order valence-corrected chi connectivity index (χ2v) is 7.98. The molecule has 2 fully saturated rings. The van der Waals surface area contributed by atoms with E-state index in [2.05, 4.69) is 4.98 Å². The minimum Gasteiger partial charge on any atom is -0.493 e. The largest absolute Gasteiger partial charge is 0.493 e. The first-order chi connectivity index (χ1) is 14.6. The Labute approximate surface area is 176 Å². The lowest BCUT2D eigenvalue weighted by Crippen LogP contribution is -2.50. The van der Waals surface area contributed by atoms with E-state index in [0.29, 0.717) is 49.7 Å². The van der Waals surface area contributed by atoms with Crippen LogP contribution >= 0.6 is 0 Å². The molecule has 2 saturated heterocycles. The molecule has 2 aliphatic rings. The van der Waals surface area contributed by atoms with Gasteiger partial charge in [-0.15, -0.1) is 0 Å². The Bertz CT molecular complexity index is 933. The Balaban J connectivity index is 1.51. The zero-order valence-corrected chi connectivity index (χ0v) is 17.5. The van der Waals surface area contributed by atoms with Gasteiger partial charge in [0.15, 0.2) is 11.5 Å². The average Bonchev–Trinajstić information content (AvgIpc) is 3.21. The van der Waals surface area contributed by atoms with Gasteiger partial charge < -0.3 is 19.3 Å². The number of carbonyl (C=O) groups excluding carboxylic acids is 2. The summed E-state index contributed by atoms with van der Waals surface area (Å²) in [5.41, 5.74) is 1.04. The minimum atomic E-state index is -0.493. The molecule has 7 heteroatoms. The average molecular weight is 409 g/mol. The predicted octanol–water partition coefficient (Wildman–Crippen LogP) is 2.75. The van der Waals surface area contributed by atoms with Crippen LogP contribution in [-0.2, 0) is 11.3 Å². The van der Waals surface area contributed by atoms with Crippen molar-refractivity contribution in [3.05, 3.63) is 53.9 Å². The lowest BCUT2D eigenvalue weighted by Gasteiger charge is -2.39. The third-order valence-electron chi connectivity index (χ3n) is 6.24. The molecule has 158 valence electrons. The van der Waals surface area contributed by atoms with Gasteiger partial charge in [0.25, 0.3) is 5.91 Å². The summed E-state index contributed by atoms with van der Waals surface area (Å²) in [5.74, 6) is 1.41. The molecule has 3 heterocycles. The number of amides is 2. The SMILES string of the molecule is COc1cccc(CN2CCCC3(CCN(C(=O)c4ccncc4)C3)C2=O)c1OC. The second kappa shape index (κ2) is 8.34. The van der Waals surface area contributed by atoms with Gasteiger partial charge in [0.2, 0.25) is 5.91 Å². The van der Waals surface area contributed by atoms with Crippen molar-refractivity contribution in [3.63, 3.8) is 0 Å². The van der Waals surface area contributed by atoms with Crippen LogP contribution in [0.15, 0.2) is 42.7 Å². The highest BCUT2D eigenvalue weighted by atomic mass is 16.5. The summed E-state index contributed by atoms with van der Waals surface area (Å²) >= 11 is 0. The van der Waals surface area contributed by atoms with Gasteiger partial charge in [-0.25, -0.2) is 0 Å². The smallest absolute Gasteiger partial charge is 0.253 e. The number of hydrogen-bond acceptors (Lipinski definition) is 5. The molecule has 2 aliphatic heterocycles. The van der Waals surface area contributed by atoms with Crippen LogP contribution in [0.1, 0.15) is 35.2 Å². The molecule has 1 spiro atoms. The number of hydrogen-bond donors (Lipinski definition) is 0. The van der Waals surface area contributed by atoms with Crippen LogP contribution in [-0.4, -0.2) is 60.5 Å². The maximum Gasteiger partial charge on any atom is 0.253 e. The van der Waals surface area contributed by atoms with Crippen molar-refractivity contribution in [2.45, 2.75) is 25.8 Å². The van der Waals surface area contributed by atoms with Crippen molar-refractivity contribution in [1.29, 1.82) is 0 Å². The van der Waals surface area contributed by atoms with Crippen molar-refractivity contribution >= 4 is 11.8 Å². The summed E-state index contributed by atoms with van der Waals surface area (Å²) in [6.07, 6.45) is 5.68. The van der Waals surface area contributed by atoms with E-state index in [1.807, 2.05) is 28.0 Å². The predicted molar refractivity (Wildman–Crippen MR) is 111 cm³/mol. The van der Waals surface area contributed by atoms with Gasteiger partial charge in [-0.05, 0) is 37.5 Å². The Kier molecular flexibility index (Phi) is 5.61. The summed E-state index contributed by atoms with van der Waals surface area (Å²) in [6, 6.07) is 9.16.